The molecule has 11 heteroatoms. The lowest BCUT2D eigenvalue weighted by molar-refractivity contribution is -0.112. The molecule has 0 atom stereocenters. The van der Waals surface area contributed by atoms with E-state index in [0.717, 1.165) is 0 Å². The average Bonchev–Trinajstić information content (AvgIpc) is 2.65. The van der Waals surface area contributed by atoms with Crippen LogP contribution in [0, 0.1) is 11.3 Å². The summed E-state index contributed by atoms with van der Waals surface area (Å²) in [6.45, 7) is -3.08. The van der Waals surface area contributed by atoms with Crippen LogP contribution in [-0.4, -0.2) is 28.0 Å². The highest BCUT2D eigenvalue weighted by atomic mass is 32.2. The summed E-state index contributed by atoms with van der Waals surface area (Å²) in [4.78, 5) is 12.2. The molecule has 0 unspecified atom stereocenters. The van der Waals surface area contributed by atoms with E-state index in [1.165, 1.54) is 55.7 Å². The van der Waals surface area contributed by atoms with E-state index < -0.39 is 22.5 Å². The minimum atomic E-state index is -3.88. The molecule has 0 aliphatic carbocycles. The Balaban J connectivity index is 2.25. The first kappa shape index (κ1) is 21.8. The number of nitrogens with one attached hydrogen (secondary N) is 1. The summed E-state index contributed by atoms with van der Waals surface area (Å²) >= 11 is 0. The lowest BCUT2D eigenvalue weighted by Crippen LogP contribution is -2.14. The third kappa shape index (κ3) is 6.00. The zero-order valence-electron chi connectivity index (χ0n) is 14.9. The number of nitrogens with zero attached hydrogens (tertiary/aromatic N) is 1. The van der Waals surface area contributed by atoms with E-state index in [4.69, 9.17) is 9.88 Å². The van der Waals surface area contributed by atoms with E-state index in [0.29, 0.717) is 0 Å². The second-order valence-electron chi connectivity index (χ2n) is 5.48. The Bertz CT molecular complexity index is 1080. The Morgan fingerprint density at radius 3 is 2.38 bits per heavy atom. The van der Waals surface area contributed by atoms with Crippen LogP contribution in [0.1, 0.15) is 5.56 Å². The molecule has 0 spiro atoms. The number of carbonyl (C=O) groups excluding carboxylic acids is 1. The predicted octanol–water partition coefficient (Wildman–Crippen LogP) is 2.49. The van der Waals surface area contributed by atoms with E-state index in [2.05, 4.69) is 10.1 Å². The minimum absolute atomic E-state index is 0.0559. The van der Waals surface area contributed by atoms with Crippen LogP contribution in [0.25, 0.3) is 6.08 Å². The van der Waals surface area contributed by atoms with Crippen molar-refractivity contribution in [1.82, 2.24) is 0 Å². The highest BCUT2D eigenvalue weighted by Gasteiger charge is 2.14. The Morgan fingerprint density at radius 1 is 1.21 bits per heavy atom. The van der Waals surface area contributed by atoms with Gasteiger partial charge in [0.05, 0.1) is 12.0 Å². The van der Waals surface area contributed by atoms with E-state index in [1.54, 1.807) is 6.07 Å². The molecule has 0 radical (unpaired) electrons. The third-order valence-electron chi connectivity index (χ3n) is 3.52. The first-order chi connectivity index (χ1) is 13.6. The number of amides is 1. The van der Waals surface area contributed by atoms with E-state index in [9.17, 15) is 27.3 Å². The predicted molar refractivity (Wildman–Crippen MR) is 99.7 cm³/mol. The smallest absolute Gasteiger partial charge is 0.387 e. The summed E-state index contributed by atoms with van der Waals surface area (Å²) in [5, 5.41) is 16.7. The number of halogens is 2. The maximum Gasteiger partial charge on any atom is 0.387 e. The van der Waals surface area contributed by atoms with Crippen LogP contribution in [0.15, 0.2) is 52.9 Å². The van der Waals surface area contributed by atoms with Crippen LogP contribution < -0.4 is 19.9 Å². The lowest BCUT2D eigenvalue weighted by Gasteiger charge is -2.10. The number of rotatable bonds is 7. The summed E-state index contributed by atoms with van der Waals surface area (Å²) in [6.07, 6.45) is 1.17. The molecule has 0 aliphatic heterocycles. The fraction of sp³-hybridized carbons (Fsp3) is 0.111. The summed E-state index contributed by atoms with van der Waals surface area (Å²) in [5.41, 5.74) is 0.145. The van der Waals surface area contributed by atoms with Gasteiger partial charge in [-0.25, -0.2) is 13.6 Å². The number of hydrogen-bond acceptors (Lipinski definition) is 6. The Kier molecular flexibility index (Phi) is 6.87. The highest BCUT2D eigenvalue weighted by Crippen LogP contribution is 2.30. The number of sulfonamides is 1. The van der Waals surface area contributed by atoms with Gasteiger partial charge in [0.25, 0.3) is 5.91 Å². The van der Waals surface area contributed by atoms with Gasteiger partial charge in [-0.1, -0.05) is 6.07 Å². The van der Waals surface area contributed by atoms with Gasteiger partial charge in [0, 0.05) is 5.69 Å². The van der Waals surface area contributed by atoms with Crippen molar-refractivity contribution < 1.29 is 31.5 Å². The molecule has 2 aromatic carbocycles. The lowest BCUT2D eigenvalue weighted by atomic mass is 10.1. The molecule has 3 N–H and O–H groups in total. The molecule has 0 saturated heterocycles. The zero-order chi connectivity index (χ0) is 21.6. The second kappa shape index (κ2) is 9.13. The molecule has 1 amide bonds. The van der Waals surface area contributed by atoms with Gasteiger partial charge in [-0.3, -0.25) is 4.79 Å². The fourth-order valence-corrected chi connectivity index (χ4v) is 2.73. The van der Waals surface area contributed by atoms with Gasteiger partial charge in [-0.15, -0.1) is 0 Å². The van der Waals surface area contributed by atoms with Crippen molar-refractivity contribution >= 4 is 27.7 Å². The van der Waals surface area contributed by atoms with Gasteiger partial charge < -0.3 is 14.8 Å². The third-order valence-corrected chi connectivity index (χ3v) is 4.45. The monoisotopic (exact) mass is 423 g/mol. The zero-order valence-corrected chi connectivity index (χ0v) is 15.7. The molecule has 2 rings (SSSR count). The van der Waals surface area contributed by atoms with Crippen molar-refractivity contribution in [2.75, 3.05) is 12.4 Å². The minimum Gasteiger partial charge on any atom is -0.493 e. The molecule has 0 aromatic heterocycles. The summed E-state index contributed by atoms with van der Waals surface area (Å²) in [5.74, 6) is -0.990. The average molecular weight is 423 g/mol. The number of nitrogens with two attached hydrogens (primary N) is 1. The van der Waals surface area contributed by atoms with Crippen LogP contribution in [0.3, 0.4) is 0 Å². The molecular formula is C18H15F2N3O5S. The van der Waals surface area contributed by atoms with E-state index >= 15 is 0 Å². The number of anilines is 1. The van der Waals surface area contributed by atoms with Crippen molar-refractivity contribution in [3.63, 3.8) is 0 Å². The highest BCUT2D eigenvalue weighted by molar-refractivity contribution is 7.89. The summed E-state index contributed by atoms with van der Waals surface area (Å²) in [6, 6.07) is 10.7. The van der Waals surface area contributed by atoms with Crippen molar-refractivity contribution in [2.45, 2.75) is 11.5 Å². The number of nitriles is 1. The number of methoxy groups -OCH3 is 1. The number of carbonyl (C=O) groups is 1. The van der Waals surface area contributed by atoms with Crippen LogP contribution in [0.2, 0.25) is 0 Å². The van der Waals surface area contributed by atoms with Crippen LogP contribution >= 0.6 is 0 Å². The number of ether oxygens (including phenoxy) is 2. The van der Waals surface area contributed by atoms with Gasteiger partial charge in [-0.2, -0.15) is 14.0 Å². The molecular weight excluding hydrogens is 408 g/mol. The SMILES string of the molecule is COc1ccc(/C=C(/C#N)C(=O)Nc2ccc(S(N)(=O)=O)cc2)cc1OC(F)F. The summed E-state index contributed by atoms with van der Waals surface area (Å²) < 4.78 is 56.8. The normalized spacial score (nSPS) is 11.7. The Morgan fingerprint density at radius 2 is 1.86 bits per heavy atom. The molecule has 0 heterocycles. The van der Waals surface area contributed by atoms with Crippen molar-refractivity contribution in [1.29, 1.82) is 5.26 Å². The van der Waals surface area contributed by atoms with Crippen molar-refractivity contribution in [3.8, 4) is 17.6 Å². The molecule has 2 aromatic rings. The number of alkyl halides is 2. The number of hydrogen-bond donors (Lipinski definition) is 2. The first-order valence-electron chi connectivity index (χ1n) is 7.83. The maximum absolute atomic E-state index is 12.5. The summed E-state index contributed by atoms with van der Waals surface area (Å²) in [7, 11) is -2.60. The molecule has 0 fully saturated rings. The largest absolute Gasteiger partial charge is 0.493 e. The quantitative estimate of drug-likeness (QED) is 0.520. The van der Waals surface area contributed by atoms with E-state index in [1.807, 2.05) is 0 Å². The van der Waals surface area contributed by atoms with Crippen molar-refractivity contribution in [2.24, 2.45) is 5.14 Å². The van der Waals surface area contributed by atoms with Crippen LogP contribution in [-0.2, 0) is 14.8 Å². The second-order valence-corrected chi connectivity index (χ2v) is 7.04. The standard InChI is InChI=1S/C18H15F2N3O5S/c1-27-15-7-2-11(9-16(15)28-18(19)20)8-12(10-21)17(24)23-13-3-5-14(6-4-13)29(22,25)26/h2-9,18H,1H3,(H,23,24)(H2,22,25,26)/b12-8-. The Hall–Kier alpha value is -3.49. The molecule has 29 heavy (non-hydrogen) atoms. The van der Waals surface area contributed by atoms with Gasteiger partial charge >= 0.3 is 6.61 Å². The van der Waals surface area contributed by atoms with Crippen LogP contribution in [0.5, 0.6) is 11.5 Å². The molecule has 0 saturated carbocycles. The van der Waals surface area contributed by atoms with Crippen LogP contribution in [0.4, 0.5) is 14.5 Å². The molecule has 0 aliphatic rings. The van der Waals surface area contributed by atoms with Gasteiger partial charge in [-0.05, 0) is 48.0 Å². The van der Waals surface area contributed by atoms with Gasteiger partial charge in [0.1, 0.15) is 11.6 Å². The van der Waals surface area contributed by atoms with Gasteiger partial charge in [0.2, 0.25) is 10.0 Å². The molecule has 8 nitrogen and oxygen atoms in total. The Labute approximate surface area is 165 Å². The number of primary sulfonamides is 1. The first-order valence-corrected chi connectivity index (χ1v) is 9.37. The fourth-order valence-electron chi connectivity index (χ4n) is 2.21. The molecule has 0 bridgehead atoms. The maximum atomic E-state index is 12.5. The van der Waals surface area contributed by atoms with Gasteiger partial charge in [0.15, 0.2) is 11.5 Å². The topological polar surface area (TPSA) is 132 Å². The van der Waals surface area contributed by atoms with Crippen molar-refractivity contribution in [3.05, 3.63) is 53.6 Å². The number of benzene rings is 2. The molecule has 152 valence electrons. The van der Waals surface area contributed by atoms with E-state index in [-0.39, 0.29) is 33.2 Å².